The maximum Gasteiger partial charge on any atom is 0.416 e. The molecule has 0 spiro atoms. The Kier molecular flexibility index (Phi) is 5.80. The van der Waals surface area contributed by atoms with Crippen LogP contribution in [0.4, 0.5) is 13.2 Å². The first kappa shape index (κ1) is 21.7. The van der Waals surface area contributed by atoms with Crippen molar-refractivity contribution in [1.82, 2.24) is 15.1 Å². The first-order valence-corrected chi connectivity index (χ1v) is 9.93. The summed E-state index contributed by atoms with van der Waals surface area (Å²) in [6.07, 6.45) is -4.48. The van der Waals surface area contributed by atoms with E-state index in [1.807, 2.05) is 24.3 Å². The number of nitrogens with one attached hydrogen (secondary N) is 1. The molecule has 1 amide bonds. The highest BCUT2D eigenvalue weighted by Gasteiger charge is 2.31. The average molecular weight is 460 g/mol. The van der Waals surface area contributed by atoms with E-state index in [2.05, 4.69) is 10.4 Å². The molecule has 0 bridgehead atoms. The Morgan fingerprint density at radius 1 is 1.09 bits per heavy atom. The van der Waals surface area contributed by atoms with Gasteiger partial charge in [-0.15, -0.1) is 0 Å². The van der Waals surface area contributed by atoms with Crippen molar-refractivity contribution in [3.05, 3.63) is 88.6 Å². The summed E-state index contributed by atoms with van der Waals surface area (Å²) in [6.45, 7) is 0.277. The van der Waals surface area contributed by atoms with Crippen molar-refractivity contribution in [2.45, 2.75) is 12.7 Å². The molecule has 0 saturated heterocycles. The summed E-state index contributed by atoms with van der Waals surface area (Å²) in [5.41, 5.74) is 1.18. The number of rotatable bonds is 5. The van der Waals surface area contributed by atoms with Gasteiger partial charge in [0.1, 0.15) is 17.2 Å². The van der Waals surface area contributed by atoms with Gasteiger partial charge in [0.15, 0.2) is 0 Å². The number of amides is 1. The van der Waals surface area contributed by atoms with Crippen LogP contribution in [0, 0.1) is 0 Å². The van der Waals surface area contributed by atoms with E-state index in [0.29, 0.717) is 11.4 Å². The first-order valence-electron chi connectivity index (χ1n) is 9.56. The molecule has 9 heteroatoms. The van der Waals surface area contributed by atoms with E-state index < -0.39 is 11.7 Å². The van der Waals surface area contributed by atoms with Crippen molar-refractivity contribution in [3.8, 4) is 11.5 Å². The van der Waals surface area contributed by atoms with Crippen LogP contribution in [0.3, 0.4) is 0 Å². The van der Waals surface area contributed by atoms with E-state index in [-0.39, 0.29) is 23.2 Å². The number of carbonyl (C=O) groups excluding carboxylic acids is 1. The van der Waals surface area contributed by atoms with Crippen LogP contribution in [0.25, 0.3) is 10.9 Å². The van der Waals surface area contributed by atoms with Crippen LogP contribution >= 0.6 is 11.6 Å². The molecule has 0 aliphatic rings. The van der Waals surface area contributed by atoms with Crippen LogP contribution in [-0.2, 0) is 19.8 Å². The summed E-state index contributed by atoms with van der Waals surface area (Å²) in [6, 6.07) is 17.1. The molecular formula is C23H17ClF3N3O2. The molecule has 0 saturated carbocycles. The van der Waals surface area contributed by atoms with Gasteiger partial charge < -0.3 is 10.1 Å². The first-order chi connectivity index (χ1) is 15.2. The van der Waals surface area contributed by atoms with Gasteiger partial charge in [0.2, 0.25) is 0 Å². The van der Waals surface area contributed by atoms with E-state index in [1.54, 1.807) is 36.0 Å². The number of alkyl halides is 3. The topological polar surface area (TPSA) is 56.2 Å². The van der Waals surface area contributed by atoms with Crippen molar-refractivity contribution in [2.75, 3.05) is 0 Å². The van der Waals surface area contributed by atoms with E-state index in [0.717, 1.165) is 28.6 Å². The number of benzene rings is 3. The predicted octanol–water partition coefficient (Wildman–Crippen LogP) is 5.97. The maximum atomic E-state index is 12.8. The number of fused-ring (bicyclic) bond motifs is 1. The molecule has 0 atom stereocenters. The van der Waals surface area contributed by atoms with Crippen LogP contribution in [0.2, 0.25) is 5.02 Å². The highest BCUT2D eigenvalue weighted by molar-refractivity contribution is 6.32. The van der Waals surface area contributed by atoms with Crippen LogP contribution in [0.5, 0.6) is 11.5 Å². The van der Waals surface area contributed by atoms with E-state index in [1.165, 1.54) is 6.07 Å². The fourth-order valence-electron chi connectivity index (χ4n) is 3.24. The molecule has 3 aromatic carbocycles. The molecule has 4 rings (SSSR count). The number of nitrogens with zero attached hydrogens (tertiary/aromatic N) is 2. The lowest BCUT2D eigenvalue weighted by atomic mass is 10.2. The van der Waals surface area contributed by atoms with Gasteiger partial charge in [0.25, 0.3) is 5.91 Å². The Morgan fingerprint density at radius 3 is 2.50 bits per heavy atom. The second kappa shape index (κ2) is 8.55. The van der Waals surface area contributed by atoms with Crippen LogP contribution in [0.1, 0.15) is 21.6 Å². The normalized spacial score (nSPS) is 11.5. The van der Waals surface area contributed by atoms with E-state index in [9.17, 15) is 18.0 Å². The lowest BCUT2D eigenvalue weighted by Gasteiger charge is -2.12. The summed E-state index contributed by atoms with van der Waals surface area (Å²) in [4.78, 5) is 12.7. The van der Waals surface area contributed by atoms with Gasteiger partial charge in [-0.1, -0.05) is 41.9 Å². The smallest absolute Gasteiger partial charge is 0.416 e. The Hall–Kier alpha value is -3.52. The number of carbonyl (C=O) groups is 1. The summed E-state index contributed by atoms with van der Waals surface area (Å²) >= 11 is 5.92. The monoisotopic (exact) mass is 459 g/mol. The van der Waals surface area contributed by atoms with Gasteiger partial charge in [-0.05, 0) is 42.0 Å². The minimum Gasteiger partial charge on any atom is -0.456 e. The zero-order chi connectivity index (χ0) is 22.9. The Labute approximate surface area is 186 Å². The molecular weight excluding hydrogens is 443 g/mol. The molecule has 0 aliphatic carbocycles. The molecule has 5 nitrogen and oxygen atoms in total. The third-order valence-corrected chi connectivity index (χ3v) is 5.11. The lowest BCUT2D eigenvalue weighted by Crippen LogP contribution is -2.25. The molecule has 164 valence electrons. The summed E-state index contributed by atoms with van der Waals surface area (Å²) in [5, 5.41) is 7.83. The third kappa shape index (κ3) is 4.55. The molecule has 1 heterocycles. The number of hydrogen-bond acceptors (Lipinski definition) is 3. The largest absolute Gasteiger partial charge is 0.456 e. The number of aromatic nitrogens is 2. The summed E-state index contributed by atoms with van der Waals surface area (Å²) in [7, 11) is 1.72. The molecule has 32 heavy (non-hydrogen) atoms. The van der Waals surface area contributed by atoms with E-state index >= 15 is 0 Å². The number of ether oxygens (including phenoxy) is 1. The Morgan fingerprint density at radius 2 is 1.81 bits per heavy atom. The molecule has 0 unspecified atom stereocenters. The third-order valence-electron chi connectivity index (χ3n) is 4.82. The minimum atomic E-state index is -4.48. The van der Waals surface area contributed by atoms with Gasteiger partial charge in [-0.25, -0.2) is 0 Å². The maximum absolute atomic E-state index is 12.8. The zero-order valence-corrected chi connectivity index (χ0v) is 17.5. The second-order valence-corrected chi connectivity index (χ2v) is 7.47. The molecule has 0 radical (unpaired) electrons. The molecule has 0 fully saturated rings. The fraction of sp³-hybridized carbons (Fsp3) is 0.130. The number of aryl methyl sites for hydroxylation is 1. The summed E-state index contributed by atoms with van der Waals surface area (Å²) in [5.74, 6) is 0.265. The number of hydrogen-bond donors (Lipinski definition) is 1. The predicted molar refractivity (Wildman–Crippen MR) is 115 cm³/mol. The Bertz CT molecular complexity index is 1280. The lowest BCUT2D eigenvalue weighted by molar-refractivity contribution is -0.137. The molecule has 4 aromatic rings. The Balaban J connectivity index is 1.41. The SMILES string of the molecule is Cn1nc2ccccc2c1C(=O)NCc1ccc(Oc2ccc(C(F)(F)F)cc2Cl)cc1. The van der Waals surface area contributed by atoms with Gasteiger partial charge >= 0.3 is 6.18 Å². The van der Waals surface area contributed by atoms with E-state index in [4.69, 9.17) is 16.3 Å². The quantitative estimate of drug-likeness (QED) is 0.400. The highest BCUT2D eigenvalue weighted by Crippen LogP contribution is 2.36. The zero-order valence-electron chi connectivity index (χ0n) is 16.8. The van der Waals surface area contributed by atoms with Crippen molar-refractivity contribution in [2.24, 2.45) is 7.05 Å². The average Bonchev–Trinajstić information content (AvgIpc) is 3.09. The van der Waals surface area contributed by atoms with Gasteiger partial charge in [0, 0.05) is 19.0 Å². The van der Waals surface area contributed by atoms with Crippen molar-refractivity contribution < 1.29 is 22.7 Å². The van der Waals surface area contributed by atoms with Crippen molar-refractivity contribution in [3.63, 3.8) is 0 Å². The molecule has 0 aliphatic heterocycles. The van der Waals surface area contributed by atoms with Gasteiger partial charge in [-0.3, -0.25) is 9.48 Å². The van der Waals surface area contributed by atoms with Gasteiger partial charge in [0.05, 0.1) is 16.1 Å². The fourth-order valence-corrected chi connectivity index (χ4v) is 3.46. The standard InChI is InChI=1S/C23H17ClF3N3O2/c1-30-21(17-4-2-3-5-19(17)29-30)22(31)28-13-14-6-9-16(10-7-14)32-20-11-8-15(12-18(20)24)23(25,26)27/h2-12H,13H2,1H3,(H,28,31). The van der Waals surface area contributed by atoms with Crippen molar-refractivity contribution in [1.29, 1.82) is 0 Å². The molecule has 1 N–H and O–H groups in total. The highest BCUT2D eigenvalue weighted by atomic mass is 35.5. The van der Waals surface area contributed by atoms with Crippen molar-refractivity contribution >= 4 is 28.4 Å². The minimum absolute atomic E-state index is 0.115. The van der Waals surface area contributed by atoms with Crippen LogP contribution < -0.4 is 10.1 Å². The molecule has 1 aromatic heterocycles. The van der Waals surface area contributed by atoms with Gasteiger partial charge in [-0.2, -0.15) is 18.3 Å². The second-order valence-electron chi connectivity index (χ2n) is 7.06. The van der Waals surface area contributed by atoms with Crippen LogP contribution in [-0.4, -0.2) is 15.7 Å². The summed E-state index contributed by atoms with van der Waals surface area (Å²) < 4.78 is 45.4. The number of halogens is 4. The van der Waals surface area contributed by atoms with Crippen LogP contribution in [0.15, 0.2) is 66.7 Å².